The standard InChI is InChI=1S/C15H29N3O/c1-5-15(6-2)18-8-7-14(17-18)10-13(16)9-12(3)11-19-4/h7-8,12-13,15H,5-6,9-11,16H2,1-4H3. The van der Waals surface area contributed by atoms with Gasteiger partial charge in [0.25, 0.3) is 0 Å². The molecule has 110 valence electrons. The van der Waals surface area contributed by atoms with Crippen LogP contribution in [0.15, 0.2) is 12.3 Å². The van der Waals surface area contributed by atoms with E-state index >= 15 is 0 Å². The lowest BCUT2D eigenvalue weighted by Crippen LogP contribution is -2.27. The normalized spacial score (nSPS) is 14.8. The van der Waals surface area contributed by atoms with Crippen LogP contribution in [0.2, 0.25) is 0 Å². The van der Waals surface area contributed by atoms with Gasteiger partial charge < -0.3 is 10.5 Å². The van der Waals surface area contributed by atoms with Crippen LogP contribution >= 0.6 is 0 Å². The van der Waals surface area contributed by atoms with Crippen LogP contribution < -0.4 is 5.73 Å². The first-order valence-corrected chi connectivity index (χ1v) is 7.39. The van der Waals surface area contributed by atoms with Crippen molar-refractivity contribution in [1.82, 2.24) is 9.78 Å². The predicted molar refractivity (Wildman–Crippen MR) is 79.2 cm³/mol. The molecular formula is C15H29N3O. The Hall–Kier alpha value is -0.870. The van der Waals surface area contributed by atoms with Crippen LogP contribution in [0, 0.1) is 5.92 Å². The summed E-state index contributed by atoms with van der Waals surface area (Å²) in [6.45, 7) is 7.35. The maximum Gasteiger partial charge on any atom is 0.0640 e. The minimum atomic E-state index is 0.162. The average molecular weight is 267 g/mol. The van der Waals surface area contributed by atoms with E-state index < -0.39 is 0 Å². The number of aromatic nitrogens is 2. The number of hydrogen-bond acceptors (Lipinski definition) is 3. The molecule has 1 aromatic heterocycles. The van der Waals surface area contributed by atoms with Crippen molar-refractivity contribution in [2.24, 2.45) is 11.7 Å². The van der Waals surface area contributed by atoms with Gasteiger partial charge in [0.1, 0.15) is 0 Å². The van der Waals surface area contributed by atoms with Crippen LogP contribution in [0.3, 0.4) is 0 Å². The molecule has 4 nitrogen and oxygen atoms in total. The molecule has 0 saturated heterocycles. The first kappa shape index (κ1) is 16.2. The van der Waals surface area contributed by atoms with Crippen molar-refractivity contribution in [3.05, 3.63) is 18.0 Å². The average Bonchev–Trinajstić information content (AvgIpc) is 2.79. The van der Waals surface area contributed by atoms with Gasteiger partial charge in [-0.15, -0.1) is 0 Å². The highest BCUT2D eigenvalue weighted by Crippen LogP contribution is 2.15. The molecule has 0 aliphatic rings. The number of rotatable bonds is 9. The highest BCUT2D eigenvalue weighted by molar-refractivity contribution is 5.02. The third-order valence-corrected chi connectivity index (χ3v) is 3.61. The number of hydrogen-bond donors (Lipinski definition) is 1. The van der Waals surface area contributed by atoms with Crippen molar-refractivity contribution in [2.45, 2.75) is 58.5 Å². The Morgan fingerprint density at radius 3 is 2.63 bits per heavy atom. The van der Waals surface area contributed by atoms with E-state index in [4.69, 9.17) is 10.5 Å². The molecule has 0 bridgehead atoms. The lowest BCUT2D eigenvalue weighted by Gasteiger charge is -2.16. The molecule has 0 amide bonds. The number of ether oxygens (including phenoxy) is 1. The minimum absolute atomic E-state index is 0.162. The van der Waals surface area contributed by atoms with Crippen molar-refractivity contribution in [1.29, 1.82) is 0 Å². The van der Waals surface area contributed by atoms with Gasteiger partial charge in [0, 0.05) is 32.4 Å². The molecule has 2 unspecified atom stereocenters. The summed E-state index contributed by atoms with van der Waals surface area (Å²) in [6, 6.07) is 2.77. The number of nitrogens with zero attached hydrogens (tertiary/aromatic N) is 2. The van der Waals surface area contributed by atoms with E-state index in [1.54, 1.807) is 7.11 Å². The van der Waals surface area contributed by atoms with E-state index in [2.05, 4.69) is 42.8 Å². The highest BCUT2D eigenvalue weighted by atomic mass is 16.5. The molecular weight excluding hydrogens is 238 g/mol. The van der Waals surface area contributed by atoms with Gasteiger partial charge in [0.2, 0.25) is 0 Å². The summed E-state index contributed by atoms with van der Waals surface area (Å²) < 4.78 is 7.23. The van der Waals surface area contributed by atoms with Crippen molar-refractivity contribution >= 4 is 0 Å². The molecule has 0 saturated carbocycles. The molecule has 1 rings (SSSR count). The largest absolute Gasteiger partial charge is 0.384 e. The van der Waals surface area contributed by atoms with Crippen LogP contribution in [0.5, 0.6) is 0 Å². The van der Waals surface area contributed by atoms with E-state index in [9.17, 15) is 0 Å². The van der Waals surface area contributed by atoms with E-state index in [1.165, 1.54) is 0 Å². The quantitative estimate of drug-likeness (QED) is 0.748. The smallest absolute Gasteiger partial charge is 0.0640 e. The Labute approximate surface area is 117 Å². The lowest BCUT2D eigenvalue weighted by atomic mass is 10.00. The van der Waals surface area contributed by atoms with E-state index in [-0.39, 0.29) is 6.04 Å². The summed E-state index contributed by atoms with van der Waals surface area (Å²) in [6.07, 6.45) is 6.15. The lowest BCUT2D eigenvalue weighted by molar-refractivity contribution is 0.152. The fraction of sp³-hybridized carbons (Fsp3) is 0.800. The zero-order valence-electron chi connectivity index (χ0n) is 12.8. The third kappa shape index (κ3) is 5.33. The zero-order chi connectivity index (χ0) is 14.3. The zero-order valence-corrected chi connectivity index (χ0v) is 12.8. The fourth-order valence-electron chi connectivity index (χ4n) is 2.57. The van der Waals surface area contributed by atoms with E-state index in [1.807, 2.05) is 0 Å². The van der Waals surface area contributed by atoms with E-state index in [0.29, 0.717) is 12.0 Å². The van der Waals surface area contributed by atoms with Gasteiger partial charge in [0.15, 0.2) is 0 Å². The molecule has 0 spiro atoms. The number of methoxy groups -OCH3 is 1. The van der Waals surface area contributed by atoms with Crippen molar-refractivity contribution in [2.75, 3.05) is 13.7 Å². The first-order chi connectivity index (χ1) is 9.10. The Balaban J connectivity index is 2.48. The summed E-state index contributed by atoms with van der Waals surface area (Å²) in [7, 11) is 1.74. The van der Waals surface area contributed by atoms with Crippen LogP contribution in [-0.2, 0) is 11.2 Å². The van der Waals surface area contributed by atoms with Crippen LogP contribution in [0.1, 0.15) is 51.8 Å². The summed E-state index contributed by atoms with van der Waals surface area (Å²) in [4.78, 5) is 0. The third-order valence-electron chi connectivity index (χ3n) is 3.61. The number of nitrogens with two attached hydrogens (primary N) is 1. The first-order valence-electron chi connectivity index (χ1n) is 7.39. The van der Waals surface area contributed by atoms with Gasteiger partial charge in [-0.3, -0.25) is 4.68 Å². The second-order valence-electron chi connectivity index (χ2n) is 5.52. The Kier molecular flexibility index (Phi) is 7.10. The summed E-state index contributed by atoms with van der Waals surface area (Å²) >= 11 is 0. The Bertz CT molecular complexity index is 347. The van der Waals surface area contributed by atoms with Gasteiger partial charge in [-0.2, -0.15) is 5.10 Å². The molecule has 1 heterocycles. The Morgan fingerprint density at radius 2 is 2.05 bits per heavy atom. The van der Waals surface area contributed by atoms with Crippen molar-refractivity contribution in [3.63, 3.8) is 0 Å². The fourth-order valence-corrected chi connectivity index (χ4v) is 2.57. The van der Waals surface area contributed by atoms with Crippen LogP contribution in [0.4, 0.5) is 0 Å². The predicted octanol–water partition coefficient (Wildman–Crippen LogP) is 2.79. The minimum Gasteiger partial charge on any atom is -0.384 e. The second kappa shape index (κ2) is 8.33. The van der Waals surface area contributed by atoms with Crippen LogP contribution in [-0.4, -0.2) is 29.5 Å². The highest BCUT2D eigenvalue weighted by Gasteiger charge is 2.13. The van der Waals surface area contributed by atoms with Crippen molar-refractivity contribution in [3.8, 4) is 0 Å². The van der Waals surface area contributed by atoms with Gasteiger partial charge in [0.05, 0.1) is 11.7 Å². The molecule has 0 aromatic carbocycles. The SMILES string of the molecule is CCC(CC)n1ccc(CC(N)CC(C)COC)n1. The maximum absolute atomic E-state index is 6.18. The summed E-state index contributed by atoms with van der Waals surface area (Å²) in [5, 5.41) is 4.65. The molecule has 1 aromatic rings. The molecule has 0 aliphatic carbocycles. The summed E-state index contributed by atoms with van der Waals surface area (Å²) in [5.74, 6) is 0.501. The monoisotopic (exact) mass is 267 g/mol. The molecule has 0 aliphatic heterocycles. The van der Waals surface area contributed by atoms with Gasteiger partial charge >= 0.3 is 0 Å². The Morgan fingerprint density at radius 1 is 1.37 bits per heavy atom. The summed E-state index contributed by atoms with van der Waals surface area (Å²) in [5.41, 5.74) is 7.28. The molecule has 0 radical (unpaired) electrons. The molecule has 0 fully saturated rings. The molecule has 4 heteroatoms. The topological polar surface area (TPSA) is 53.1 Å². The maximum atomic E-state index is 6.18. The van der Waals surface area contributed by atoms with Crippen molar-refractivity contribution < 1.29 is 4.74 Å². The second-order valence-corrected chi connectivity index (χ2v) is 5.52. The molecule has 2 atom stereocenters. The van der Waals surface area contributed by atoms with Gasteiger partial charge in [-0.05, 0) is 31.2 Å². The van der Waals surface area contributed by atoms with E-state index in [0.717, 1.165) is 38.0 Å². The van der Waals surface area contributed by atoms with Gasteiger partial charge in [-0.1, -0.05) is 20.8 Å². The molecule has 19 heavy (non-hydrogen) atoms. The van der Waals surface area contributed by atoms with Gasteiger partial charge in [-0.25, -0.2) is 0 Å². The molecule has 2 N–H and O–H groups in total. The van der Waals surface area contributed by atoms with Crippen LogP contribution in [0.25, 0.3) is 0 Å².